The Balaban J connectivity index is 1.44. The third-order valence-corrected chi connectivity index (χ3v) is 9.43. The zero-order valence-corrected chi connectivity index (χ0v) is 25.0. The summed E-state index contributed by atoms with van der Waals surface area (Å²) in [5.74, 6) is -1.54. The molecular formula is C27H31N3O7S3. The van der Waals surface area contributed by atoms with E-state index in [0.717, 1.165) is 58.1 Å². The Morgan fingerprint density at radius 3 is 2.58 bits per heavy atom. The molecule has 0 fully saturated rings. The number of hydrogen-bond donors (Lipinski definition) is 1. The Kier molecular flexibility index (Phi) is 10.5. The standard InChI is InChI=1S/C27H31N3O7S3/c1-4-37-12-11-30-18-10-9-16(25(33)35-2)13-20(18)40-27(30)29-22(32)15-38-14-21(31)28-24-23(26(34)36-3)17-7-5-6-8-19(17)39-24/h9-10,13H,4-8,11-12,14-15H2,1-3H3,(H,28,31). The number of nitrogens with zero attached hydrogens (tertiary/aromatic N) is 2. The minimum atomic E-state index is -0.448. The number of thiazole rings is 1. The van der Waals surface area contributed by atoms with Crippen LogP contribution in [0.25, 0.3) is 10.2 Å². The van der Waals surface area contributed by atoms with Crippen molar-refractivity contribution in [2.45, 2.75) is 39.2 Å². The number of amides is 2. The number of carbonyl (C=O) groups excluding carboxylic acids is 4. The summed E-state index contributed by atoms with van der Waals surface area (Å²) < 4.78 is 18.0. The van der Waals surface area contributed by atoms with Crippen molar-refractivity contribution < 1.29 is 33.4 Å². The summed E-state index contributed by atoms with van der Waals surface area (Å²) in [6, 6.07) is 5.20. The fraction of sp³-hybridized carbons (Fsp3) is 0.444. The van der Waals surface area contributed by atoms with Crippen LogP contribution < -0.4 is 10.1 Å². The van der Waals surface area contributed by atoms with Crippen LogP contribution in [-0.4, -0.2) is 67.3 Å². The number of nitrogens with one attached hydrogen (secondary N) is 1. The molecule has 214 valence electrons. The fourth-order valence-corrected chi connectivity index (χ4v) is 7.43. The second-order valence-corrected chi connectivity index (χ2v) is 12.0. The molecule has 1 aliphatic rings. The van der Waals surface area contributed by atoms with Gasteiger partial charge in [0.15, 0.2) is 4.80 Å². The van der Waals surface area contributed by atoms with Crippen LogP contribution in [0.2, 0.25) is 0 Å². The molecule has 10 nitrogen and oxygen atoms in total. The first kappa shape index (κ1) is 30.0. The van der Waals surface area contributed by atoms with Gasteiger partial charge in [0.05, 0.1) is 53.7 Å². The van der Waals surface area contributed by atoms with Crippen LogP contribution >= 0.6 is 34.4 Å². The molecule has 2 aromatic heterocycles. The summed E-state index contributed by atoms with van der Waals surface area (Å²) in [7, 11) is 2.66. The quantitative estimate of drug-likeness (QED) is 0.256. The zero-order chi connectivity index (χ0) is 28.6. The summed E-state index contributed by atoms with van der Waals surface area (Å²) in [5.41, 5.74) is 2.66. The fourth-order valence-electron chi connectivity index (χ4n) is 4.42. The predicted octanol–water partition coefficient (Wildman–Crippen LogP) is 4.05. The smallest absolute Gasteiger partial charge is 0.341 e. The number of thioether (sulfide) groups is 1. The highest BCUT2D eigenvalue weighted by Crippen LogP contribution is 2.38. The Morgan fingerprint density at radius 1 is 1.05 bits per heavy atom. The molecule has 2 heterocycles. The molecule has 3 aromatic rings. The summed E-state index contributed by atoms with van der Waals surface area (Å²) in [4.78, 5) is 55.7. The van der Waals surface area contributed by atoms with Crippen LogP contribution in [0.5, 0.6) is 0 Å². The van der Waals surface area contributed by atoms with E-state index in [-0.39, 0.29) is 23.3 Å². The van der Waals surface area contributed by atoms with Crippen molar-refractivity contribution in [3.63, 3.8) is 0 Å². The topological polar surface area (TPSA) is 125 Å². The molecule has 1 aliphatic carbocycles. The Hall–Kier alpha value is -3.00. The highest BCUT2D eigenvalue weighted by molar-refractivity contribution is 8.00. The first-order chi connectivity index (χ1) is 19.4. The van der Waals surface area contributed by atoms with E-state index in [1.807, 2.05) is 11.5 Å². The largest absolute Gasteiger partial charge is 0.465 e. The predicted molar refractivity (Wildman–Crippen MR) is 156 cm³/mol. The van der Waals surface area contributed by atoms with Gasteiger partial charge in [-0.1, -0.05) is 11.3 Å². The number of anilines is 1. The first-order valence-corrected chi connectivity index (χ1v) is 15.6. The maximum atomic E-state index is 12.8. The number of aryl methyl sites for hydroxylation is 1. The lowest BCUT2D eigenvalue weighted by molar-refractivity contribution is -0.115. The summed E-state index contributed by atoms with van der Waals surface area (Å²) in [6.07, 6.45) is 3.74. The van der Waals surface area contributed by atoms with E-state index in [9.17, 15) is 19.2 Å². The van der Waals surface area contributed by atoms with E-state index >= 15 is 0 Å². The molecule has 4 rings (SSSR count). The minimum Gasteiger partial charge on any atom is -0.465 e. The SMILES string of the molecule is CCOCCn1c(=NC(=O)CSCC(=O)Nc2sc3c(c2C(=O)OC)CCCC3)sc2cc(C(=O)OC)ccc21. The van der Waals surface area contributed by atoms with Crippen LogP contribution in [0.15, 0.2) is 23.2 Å². The number of thiophene rings is 1. The molecule has 0 spiro atoms. The number of fused-ring (bicyclic) bond motifs is 2. The molecule has 40 heavy (non-hydrogen) atoms. The number of hydrogen-bond acceptors (Lipinski definition) is 10. The van der Waals surface area contributed by atoms with E-state index in [1.165, 1.54) is 36.9 Å². The maximum Gasteiger partial charge on any atom is 0.341 e. The van der Waals surface area contributed by atoms with E-state index in [4.69, 9.17) is 14.2 Å². The van der Waals surface area contributed by atoms with Crippen LogP contribution in [-0.2, 0) is 43.2 Å². The van der Waals surface area contributed by atoms with Gasteiger partial charge in [0.2, 0.25) is 5.91 Å². The van der Waals surface area contributed by atoms with Gasteiger partial charge in [-0.05, 0) is 56.4 Å². The van der Waals surface area contributed by atoms with Crippen molar-refractivity contribution in [3.05, 3.63) is 44.6 Å². The van der Waals surface area contributed by atoms with E-state index in [0.29, 0.717) is 40.7 Å². The van der Waals surface area contributed by atoms with E-state index in [1.54, 1.807) is 18.2 Å². The van der Waals surface area contributed by atoms with Gasteiger partial charge in [0, 0.05) is 18.0 Å². The summed E-state index contributed by atoms with van der Waals surface area (Å²) in [5, 5.41) is 3.35. The summed E-state index contributed by atoms with van der Waals surface area (Å²) >= 11 is 3.87. The highest BCUT2D eigenvalue weighted by Gasteiger charge is 2.27. The molecule has 13 heteroatoms. The van der Waals surface area contributed by atoms with Crippen molar-refractivity contribution in [1.29, 1.82) is 0 Å². The van der Waals surface area contributed by atoms with Crippen molar-refractivity contribution in [1.82, 2.24) is 4.57 Å². The lowest BCUT2D eigenvalue weighted by atomic mass is 9.95. The number of esters is 2. The van der Waals surface area contributed by atoms with Gasteiger partial charge < -0.3 is 24.1 Å². The Bertz CT molecular complexity index is 1490. The second-order valence-electron chi connectivity index (χ2n) is 8.86. The molecule has 1 aromatic carbocycles. The number of rotatable bonds is 11. The number of benzene rings is 1. The van der Waals surface area contributed by atoms with Gasteiger partial charge in [-0.2, -0.15) is 4.99 Å². The monoisotopic (exact) mass is 605 g/mol. The molecule has 0 radical (unpaired) electrons. The second kappa shape index (κ2) is 14.1. The number of methoxy groups -OCH3 is 2. The van der Waals surface area contributed by atoms with Crippen molar-refractivity contribution in [2.24, 2.45) is 4.99 Å². The summed E-state index contributed by atoms with van der Waals surface area (Å²) in [6.45, 7) is 3.40. The lowest BCUT2D eigenvalue weighted by Crippen LogP contribution is -2.21. The maximum absolute atomic E-state index is 12.8. The van der Waals surface area contributed by atoms with Crippen LogP contribution in [0.3, 0.4) is 0 Å². The third-order valence-electron chi connectivity index (χ3n) is 6.26. The van der Waals surface area contributed by atoms with Crippen LogP contribution in [0.1, 0.15) is 50.9 Å². The van der Waals surface area contributed by atoms with Crippen molar-refractivity contribution in [2.75, 3.05) is 44.3 Å². The first-order valence-electron chi connectivity index (χ1n) is 12.8. The average Bonchev–Trinajstić information content (AvgIpc) is 3.48. The molecule has 0 saturated carbocycles. The zero-order valence-electron chi connectivity index (χ0n) is 22.6. The van der Waals surface area contributed by atoms with Gasteiger partial charge in [0.25, 0.3) is 5.91 Å². The van der Waals surface area contributed by atoms with Crippen LogP contribution in [0, 0.1) is 0 Å². The van der Waals surface area contributed by atoms with Gasteiger partial charge in [-0.15, -0.1) is 23.1 Å². The Labute approximate surface area is 243 Å². The molecule has 0 unspecified atom stereocenters. The molecule has 2 amide bonds. The normalized spacial score (nSPS) is 13.2. The third kappa shape index (κ3) is 7.00. The minimum absolute atomic E-state index is 0.00529. The van der Waals surface area contributed by atoms with E-state index in [2.05, 4.69) is 10.3 Å². The van der Waals surface area contributed by atoms with E-state index < -0.39 is 11.9 Å². The molecule has 0 aliphatic heterocycles. The molecule has 0 bridgehead atoms. The molecule has 0 atom stereocenters. The number of aromatic nitrogens is 1. The molecule has 1 N–H and O–H groups in total. The van der Waals surface area contributed by atoms with Crippen molar-refractivity contribution >= 4 is 73.4 Å². The van der Waals surface area contributed by atoms with Gasteiger partial charge in [-0.25, -0.2) is 9.59 Å². The number of ether oxygens (including phenoxy) is 3. The Morgan fingerprint density at radius 2 is 1.82 bits per heavy atom. The molecular weight excluding hydrogens is 575 g/mol. The molecule has 0 saturated heterocycles. The van der Waals surface area contributed by atoms with Crippen molar-refractivity contribution in [3.8, 4) is 0 Å². The number of carbonyl (C=O) groups is 4. The van der Waals surface area contributed by atoms with Crippen LogP contribution in [0.4, 0.5) is 5.00 Å². The van der Waals surface area contributed by atoms with Gasteiger partial charge in [0.1, 0.15) is 5.00 Å². The average molecular weight is 606 g/mol. The lowest BCUT2D eigenvalue weighted by Gasteiger charge is -2.11. The van der Waals surface area contributed by atoms with Gasteiger partial charge in [-0.3, -0.25) is 9.59 Å². The highest BCUT2D eigenvalue weighted by atomic mass is 32.2. The van der Waals surface area contributed by atoms with Gasteiger partial charge >= 0.3 is 11.9 Å².